The van der Waals surface area contributed by atoms with E-state index in [2.05, 4.69) is 62.7 Å². The van der Waals surface area contributed by atoms with Crippen LogP contribution in [-0.2, 0) is 0 Å². The lowest BCUT2D eigenvalue weighted by atomic mass is 10.2. The second-order valence-electron chi connectivity index (χ2n) is 5.16. The van der Waals surface area contributed by atoms with Gasteiger partial charge < -0.3 is 4.42 Å². The van der Waals surface area contributed by atoms with Crippen molar-refractivity contribution >= 4 is 70.3 Å². The van der Waals surface area contributed by atoms with Crippen molar-refractivity contribution in [2.24, 2.45) is 0 Å². The number of rotatable bonds is 2. The molecule has 26 heavy (non-hydrogen) atoms. The third kappa shape index (κ3) is 3.13. The summed E-state index contributed by atoms with van der Waals surface area (Å²) in [5.74, 6) is 0.797. The summed E-state index contributed by atoms with van der Waals surface area (Å²) in [6.45, 7) is 0. The third-order valence-corrected chi connectivity index (χ3v) is 5.23. The molecule has 130 valence electrons. The van der Waals surface area contributed by atoms with Crippen LogP contribution in [0, 0.1) is 0 Å². The number of hydrogen-bond donors (Lipinski definition) is 0. The van der Waals surface area contributed by atoms with Crippen molar-refractivity contribution in [3.8, 4) is 17.5 Å². The van der Waals surface area contributed by atoms with Crippen LogP contribution in [0.4, 0.5) is 0 Å². The monoisotopic (exact) mass is 558 g/mol. The van der Waals surface area contributed by atoms with Crippen LogP contribution in [0.15, 0.2) is 59.4 Å². The largest absolute Gasteiger partial charge is 0.400 e. The van der Waals surface area contributed by atoms with Crippen LogP contribution >= 0.6 is 59.4 Å². The van der Waals surface area contributed by atoms with Crippen molar-refractivity contribution in [3.05, 3.63) is 65.7 Å². The number of fused-ring (bicyclic) bond motifs is 1. The average molecular weight is 561 g/mol. The maximum Gasteiger partial charge on any atom is 0.347 e. The van der Waals surface area contributed by atoms with Crippen LogP contribution in [0.1, 0.15) is 0 Å². The van der Waals surface area contributed by atoms with E-state index in [4.69, 9.17) is 16.0 Å². The van der Waals surface area contributed by atoms with Gasteiger partial charge in [0.1, 0.15) is 4.60 Å². The minimum atomic E-state index is -0.523. The molecule has 10 heteroatoms. The van der Waals surface area contributed by atoms with Gasteiger partial charge in [-0.2, -0.15) is 0 Å². The molecule has 0 fully saturated rings. The van der Waals surface area contributed by atoms with Crippen molar-refractivity contribution in [2.75, 3.05) is 0 Å². The Morgan fingerprint density at radius 1 is 1.15 bits per heavy atom. The number of halogens is 4. The highest BCUT2D eigenvalue weighted by molar-refractivity contribution is 9.11. The summed E-state index contributed by atoms with van der Waals surface area (Å²) in [7, 11) is 0. The molecule has 0 amide bonds. The quantitative estimate of drug-likeness (QED) is 0.329. The molecule has 0 saturated heterocycles. The van der Waals surface area contributed by atoms with E-state index in [1.165, 1.54) is 0 Å². The van der Waals surface area contributed by atoms with Gasteiger partial charge in [0.2, 0.25) is 5.82 Å². The fourth-order valence-corrected chi connectivity index (χ4v) is 4.32. The zero-order chi connectivity index (χ0) is 18.4. The first-order chi connectivity index (χ1) is 12.4. The van der Waals surface area contributed by atoms with Crippen molar-refractivity contribution in [2.45, 2.75) is 0 Å². The molecule has 0 atom stereocenters. The SMILES string of the molecule is O=c1oc(-c2nc(Br)cn2-c2ncccc2Cl)nc2c(Br)cc(Br)cc12. The summed E-state index contributed by atoms with van der Waals surface area (Å²) in [5.41, 5.74) is -0.0537. The highest BCUT2D eigenvalue weighted by Gasteiger charge is 2.19. The van der Waals surface area contributed by atoms with Gasteiger partial charge in [-0.25, -0.2) is 19.7 Å². The maximum atomic E-state index is 12.5. The van der Waals surface area contributed by atoms with E-state index in [1.807, 2.05) is 0 Å². The van der Waals surface area contributed by atoms with Gasteiger partial charge in [-0.05, 0) is 56.1 Å². The van der Waals surface area contributed by atoms with Gasteiger partial charge in [0.15, 0.2) is 5.82 Å². The van der Waals surface area contributed by atoms with Gasteiger partial charge in [-0.1, -0.05) is 27.5 Å². The Morgan fingerprint density at radius 3 is 2.73 bits per heavy atom. The third-order valence-electron chi connectivity index (χ3n) is 3.49. The van der Waals surface area contributed by atoms with Crippen LogP contribution in [0.5, 0.6) is 0 Å². The van der Waals surface area contributed by atoms with E-state index in [0.29, 0.717) is 36.6 Å². The number of benzene rings is 1. The number of pyridine rings is 1. The van der Waals surface area contributed by atoms with Crippen LogP contribution in [0.25, 0.3) is 28.4 Å². The van der Waals surface area contributed by atoms with Crippen molar-refractivity contribution in [1.29, 1.82) is 0 Å². The molecule has 6 nitrogen and oxygen atoms in total. The fraction of sp³-hybridized carbons (Fsp3) is 0. The second kappa shape index (κ2) is 6.88. The molecule has 0 radical (unpaired) electrons. The van der Waals surface area contributed by atoms with Crippen LogP contribution in [0.3, 0.4) is 0 Å². The van der Waals surface area contributed by atoms with Gasteiger partial charge in [-0.3, -0.25) is 4.57 Å². The van der Waals surface area contributed by atoms with Crippen molar-refractivity contribution < 1.29 is 4.42 Å². The minimum absolute atomic E-state index is 0.0537. The molecule has 0 aliphatic heterocycles. The van der Waals surface area contributed by atoms with Crippen LogP contribution in [0.2, 0.25) is 5.02 Å². The van der Waals surface area contributed by atoms with Gasteiger partial charge >= 0.3 is 5.63 Å². The predicted octanol–water partition coefficient (Wildman–Crippen LogP) is 5.38. The molecule has 0 saturated carbocycles. The van der Waals surface area contributed by atoms with Gasteiger partial charge in [0, 0.05) is 21.3 Å². The van der Waals surface area contributed by atoms with Crippen LogP contribution < -0.4 is 5.63 Å². The number of nitrogens with zero attached hydrogens (tertiary/aromatic N) is 4. The molecule has 0 spiro atoms. The molecule has 0 N–H and O–H groups in total. The average Bonchev–Trinajstić information content (AvgIpc) is 2.97. The smallest absolute Gasteiger partial charge is 0.347 e. The van der Waals surface area contributed by atoms with E-state index in [9.17, 15) is 4.79 Å². The van der Waals surface area contributed by atoms with Crippen molar-refractivity contribution in [3.63, 3.8) is 0 Å². The molecule has 3 aromatic heterocycles. The maximum absolute atomic E-state index is 12.5. The molecular weight excluding hydrogens is 555 g/mol. The lowest BCUT2D eigenvalue weighted by Gasteiger charge is -2.08. The molecule has 3 heterocycles. The summed E-state index contributed by atoms with van der Waals surface area (Å²) in [6.07, 6.45) is 3.28. The Bertz CT molecular complexity index is 1220. The summed E-state index contributed by atoms with van der Waals surface area (Å²) in [5, 5.41) is 0.773. The Hall–Kier alpha value is -1.55. The molecular formula is C16H6Br3ClN4O2. The molecule has 0 unspecified atom stereocenters. The Morgan fingerprint density at radius 2 is 1.96 bits per heavy atom. The van der Waals surface area contributed by atoms with E-state index in [1.54, 1.807) is 41.2 Å². The topological polar surface area (TPSA) is 73.8 Å². The zero-order valence-electron chi connectivity index (χ0n) is 12.6. The normalized spacial score (nSPS) is 11.2. The number of imidazole rings is 1. The molecule has 0 aliphatic rings. The standard InChI is InChI=1S/C16H6Br3ClN4O2/c17-7-4-8-12(9(18)5-7)23-15(26-16(8)25)14-22-11(19)6-24(14)13-10(20)2-1-3-21-13/h1-6H. The predicted molar refractivity (Wildman–Crippen MR) is 109 cm³/mol. The first kappa shape index (κ1) is 17.8. The first-order valence-corrected chi connectivity index (χ1v) is 9.86. The fourth-order valence-electron chi connectivity index (χ4n) is 2.42. The minimum Gasteiger partial charge on any atom is -0.400 e. The highest BCUT2D eigenvalue weighted by atomic mass is 79.9. The Labute approximate surface area is 176 Å². The summed E-state index contributed by atoms with van der Waals surface area (Å²) >= 11 is 16.3. The lowest BCUT2D eigenvalue weighted by molar-refractivity contribution is 0.512. The molecule has 4 aromatic rings. The van der Waals surface area contributed by atoms with E-state index < -0.39 is 5.63 Å². The Balaban J connectivity index is 2.01. The van der Waals surface area contributed by atoms with Gasteiger partial charge in [-0.15, -0.1) is 0 Å². The molecule has 1 aromatic carbocycles. The summed E-state index contributed by atoms with van der Waals surface area (Å²) < 4.78 is 8.94. The second-order valence-corrected chi connectivity index (χ2v) is 8.15. The lowest BCUT2D eigenvalue weighted by Crippen LogP contribution is -2.07. The Kier molecular flexibility index (Phi) is 4.72. The number of hydrogen-bond acceptors (Lipinski definition) is 5. The van der Waals surface area contributed by atoms with E-state index in [-0.39, 0.29) is 5.89 Å². The first-order valence-electron chi connectivity index (χ1n) is 7.10. The summed E-state index contributed by atoms with van der Waals surface area (Å²) in [6, 6.07) is 6.89. The van der Waals surface area contributed by atoms with E-state index >= 15 is 0 Å². The molecule has 0 aliphatic carbocycles. The van der Waals surface area contributed by atoms with Gasteiger partial charge in [0.25, 0.3) is 5.89 Å². The zero-order valence-corrected chi connectivity index (χ0v) is 18.1. The van der Waals surface area contributed by atoms with Crippen molar-refractivity contribution in [1.82, 2.24) is 19.5 Å². The molecule has 4 rings (SSSR count). The van der Waals surface area contributed by atoms with Gasteiger partial charge in [0.05, 0.1) is 15.9 Å². The van der Waals surface area contributed by atoms with E-state index in [0.717, 1.165) is 4.47 Å². The highest BCUT2D eigenvalue weighted by Crippen LogP contribution is 2.30. The number of aromatic nitrogens is 4. The summed E-state index contributed by atoms with van der Waals surface area (Å²) in [4.78, 5) is 25.6. The van der Waals surface area contributed by atoms with Crippen LogP contribution in [-0.4, -0.2) is 19.5 Å². The molecule has 0 bridgehead atoms.